The van der Waals surface area contributed by atoms with Gasteiger partial charge in [-0.2, -0.15) is 0 Å². The Labute approximate surface area is 67.6 Å². The van der Waals surface area contributed by atoms with Crippen LogP contribution in [0.15, 0.2) is 24.8 Å². The van der Waals surface area contributed by atoms with E-state index in [1.807, 2.05) is 0 Å². The van der Waals surface area contributed by atoms with Gasteiger partial charge in [-0.1, -0.05) is 24.8 Å². The van der Waals surface area contributed by atoms with Gasteiger partial charge in [-0.15, -0.1) is 0 Å². The van der Waals surface area contributed by atoms with Crippen LogP contribution in [-0.2, 0) is 9.53 Å². The summed E-state index contributed by atoms with van der Waals surface area (Å²) in [5.41, 5.74) is 0. The monoisotopic (exact) mass is 154 g/mol. The van der Waals surface area contributed by atoms with E-state index in [1.54, 1.807) is 32.1 Å². The fraction of sp³-hybridized carbons (Fsp3) is 0.444. The third kappa shape index (κ3) is 4.37. The van der Waals surface area contributed by atoms with Crippen LogP contribution in [0.4, 0.5) is 0 Å². The third-order valence-electron chi connectivity index (χ3n) is 1.19. The molecule has 0 amide bonds. The van der Waals surface area contributed by atoms with Gasteiger partial charge in [-0.25, -0.2) is 0 Å². The summed E-state index contributed by atoms with van der Waals surface area (Å²) in [6.45, 7) is 7.52. The zero-order valence-electron chi connectivity index (χ0n) is 7.04. The minimum absolute atomic E-state index is 0.173. The molecule has 11 heavy (non-hydrogen) atoms. The van der Waals surface area contributed by atoms with Crippen molar-refractivity contribution in [3.8, 4) is 0 Å². The van der Waals surface area contributed by atoms with Crippen LogP contribution in [0.3, 0.4) is 0 Å². The molecule has 2 nitrogen and oxygen atoms in total. The maximum absolute atomic E-state index is 10.9. The van der Waals surface area contributed by atoms with E-state index < -0.39 is 0 Å². The number of hydrogen-bond acceptors (Lipinski definition) is 2. The Kier molecular flexibility index (Phi) is 5.17. The molecule has 1 atom stereocenters. The van der Waals surface area contributed by atoms with Crippen molar-refractivity contribution >= 4 is 5.97 Å². The molecule has 0 aliphatic rings. The minimum Gasteiger partial charge on any atom is -0.466 e. The highest BCUT2D eigenvalue weighted by Gasteiger charge is 2.08. The van der Waals surface area contributed by atoms with Gasteiger partial charge in [0, 0.05) is 0 Å². The predicted molar refractivity (Wildman–Crippen MR) is 45.1 cm³/mol. The van der Waals surface area contributed by atoms with Crippen LogP contribution >= 0.6 is 0 Å². The third-order valence-corrected chi connectivity index (χ3v) is 1.19. The second kappa shape index (κ2) is 5.71. The van der Waals surface area contributed by atoms with E-state index >= 15 is 0 Å². The van der Waals surface area contributed by atoms with Crippen LogP contribution in [-0.4, -0.2) is 12.6 Å². The van der Waals surface area contributed by atoms with Gasteiger partial charge in [0.15, 0.2) is 0 Å². The van der Waals surface area contributed by atoms with Crippen molar-refractivity contribution in [2.75, 3.05) is 6.61 Å². The average Bonchev–Trinajstić information content (AvgIpc) is 2.00. The molecule has 0 N–H and O–H groups in total. The Bertz CT molecular complexity index is 159. The summed E-state index contributed by atoms with van der Waals surface area (Å²) in [6, 6.07) is 0. The summed E-state index contributed by atoms with van der Waals surface area (Å²) in [5, 5.41) is 0. The molecule has 0 saturated heterocycles. The quantitative estimate of drug-likeness (QED) is 0.457. The molecule has 0 radical (unpaired) electrons. The predicted octanol–water partition coefficient (Wildman–Crippen LogP) is 1.93. The van der Waals surface area contributed by atoms with Crippen molar-refractivity contribution < 1.29 is 9.53 Å². The zero-order valence-corrected chi connectivity index (χ0v) is 7.04. The maximum atomic E-state index is 10.9. The van der Waals surface area contributed by atoms with Gasteiger partial charge in [0.2, 0.25) is 0 Å². The Morgan fingerprint density at radius 3 is 2.82 bits per heavy atom. The maximum Gasteiger partial charge on any atom is 0.312 e. The molecule has 0 aromatic heterocycles. The molecule has 0 rings (SSSR count). The standard InChI is InChI=1S/C9H14O2/c1-4-6-7-8(3)9(10)11-5-2/h4,6-8H,1,5H2,2-3H3. The normalized spacial score (nSPS) is 12.9. The van der Waals surface area contributed by atoms with Gasteiger partial charge in [0.1, 0.15) is 0 Å². The topological polar surface area (TPSA) is 26.3 Å². The molecule has 0 aromatic carbocycles. The average molecular weight is 154 g/mol. The summed E-state index contributed by atoms with van der Waals surface area (Å²) < 4.78 is 4.78. The number of allylic oxidation sites excluding steroid dienone is 2. The van der Waals surface area contributed by atoms with E-state index in [-0.39, 0.29) is 11.9 Å². The second-order valence-electron chi connectivity index (χ2n) is 2.16. The van der Waals surface area contributed by atoms with E-state index in [2.05, 4.69) is 6.58 Å². The van der Waals surface area contributed by atoms with Crippen LogP contribution in [0.5, 0.6) is 0 Å². The Morgan fingerprint density at radius 2 is 2.36 bits per heavy atom. The molecule has 0 spiro atoms. The minimum atomic E-state index is -0.189. The first-order chi connectivity index (χ1) is 5.22. The van der Waals surface area contributed by atoms with Crippen molar-refractivity contribution in [3.63, 3.8) is 0 Å². The number of rotatable bonds is 4. The molecule has 0 aliphatic heterocycles. The molecule has 0 fully saturated rings. The number of carbonyl (C=O) groups is 1. The molecule has 62 valence electrons. The molecule has 1 unspecified atom stereocenters. The van der Waals surface area contributed by atoms with Crippen LogP contribution in [0.1, 0.15) is 13.8 Å². The van der Waals surface area contributed by atoms with Gasteiger partial charge < -0.3 is 4.74 Å². The van der Waals surface area contributed by atoms with Crippen molar-refractivity contribution in [2.24, 2.45) is 5.92 Å². The van der Waals surface area contributed by atoms with E-state index in [9.17, 15) is 4.79 Å². The van der Waals surface area contributed by atoms with E-state index in [1.165, 1.54) is 0 Å². The first kappa shape index (κ1) is 9.95. The molecule has 2 heteroatoms. The number of carbonyl (C=O) groups excluding carboxylic acids is 1. The highest BCUT2D eigenvalue weighted by Crippen LogP contribution is 2.00. The largest absolute Gasteiger partial charge is 0.466 e. The van der Waals surface area contributed by atoms with Crippen LogP contribution in [0, 0.1) is 5.92 Å². The van der Waals surface area contributed by atoms with Crippen molar-refractivity contribution in [2.45, 2.75) is 13.8 Å². The van der Waals surface area contributed by atoms with Gasteiger partial charge in [0.25, 0.3) is 0 Å². The van der Waals surface area contributed by atoms with Crippen LogP contribution < -0.4 is 0 Å². The molecule has 0 aromatic rings. The lowest BCUT2D eigenvalue weighted by Crippen LogP contribution is -2.12. The van der Waals surface area contributed by atoms with Gasteiger partial charge in [-0.3, -0.25) is 4.79 Å². The van der Waals surface area contributed by atoms with Gasteiger partial charge >= 0.3 is 5.97 Å². The van der Waals surface area contributed by atoms with E-state index in [0.29, 0.717) is 6.61 Å². The Balaban J connectivity index is 3.81. The molecule has 0 bridgehead atoms. The lowest BCUT2D eigenvalue weighted by molar-refractivity contribution is -0.145. The van der Waals surface area contributed by atoms with Crippen molar-refractivity contribution in [3.05, 3.63) is 24.8 Å². The summed E-state index contributed by atoms with van der Waals surface area (Å²) in [7, 11) is 0. The molecule has 0 aliphatic carbocycles. The van der Waals surface area contributed by atoms with Crippen LogP contribution in [0.25, 0.3) is 0 Å². The molecular weight excluding hydrogens is 140 g/mol. The van der Waals surface area contributed by atoms with Crippen molar-refractivity contribution in [1.82, 2.24) is 0 Å². The molecule has 0 heterocycles. The zero-order chi connectivity index (χ0) is 8.69. The summed E-state index contributed by atoms with van der Waals surface area (Å²) in [6.07, 6.45) is 5.13. The number of hydrogen-bond donors (Lipinski definition) is 0. The molecule has 0 saturated carbocycles. The highest BCUT2D eigenvalue weighted by atomic mass is 16.5. The highest BCUT2D eigenvalue weighted by molar-refractivity contribution is 5.73. The first-order valence-electron chi connectivity index (χ1n) is 3.68. The fourth-order valence-electron chi connectivity index (χ4n) is 0.598. The van der Waals surface area contributed by atoms with E-state index in [4.69, 9.17) is 4.74 Å². The molecular formula is C9H14O2. The van der Waals surface area contributed by atoms with Gasteiger partial charge in [-0.05, 0) is 13.8 Å². The summed E-state index contributed by atoms with van der Waals surface area (Å²) in [5.74, 6) is -0.362. The van der Waals surface area contributed by atoms with Crippen molar-refractivity contribution in [1.29, 1.82) is 0 Å². The van der Waals surface area contributed by atoms with E-state index in [0.717, 1.165) is 0 Å². The fourth-order valence-corrected chi connectivity index (χ4v) is 0.598. The Hall–Kier alpha value is -1.05. The lowest BCUT2D eigenvalue weighted by Gasteiger charge is -2.03. The number of esters is 1. The summed E-state index contributed by atoms with van der Waals surface area (Å²) >= 11 is 0. The first-order valence-corrected chi connectivity index (χ1v) is 3.68. The van der Waals surface area contributed by atoms with Crippen LogP contribution in [0.2, 0.25) is 0 Å². The second-order valence-corrected chi connectivity index (χ2v) is 2.16. The Morgan fingerprint density at radius 1 is 1.73 bits per heavy atom. The lowest BCUT2D eigenvalue weighted by atomic mass is 10.2. The number of ether oxygens (including phenoxy) is 1. The SMILES string of the molecule is C=CC=CC(C)C(=O)OCC. The smallest absolute Gasteiger partial charge is 0.312 e. The summed E-state index contributed by atoms with van der Waals surface area (Å²) in [4.78, 5) is 10.9. The van der Waals surface area contributed by atoms with Gasteiger partial charge in [0.05, 0.1) is 12.5 Å².